The van der Waals surface area contributed by atoms with Gasteiger partial charge in [0.05, 0.1) is 28.7 Å². The first kappa shape index (κ1) is 30.3. The molecule has 0 atom stereocenters. The van der Waals surface area contributed by atoms with E-state index in [-0.39, 0.29) is 31.3 Å². The van der Waals surface area contributed by atoms with Crippen molar-refractivity contribution in [2.45, 2.75) is 51.0 Å². The van der Waals surface area contributed by atoms with Crippen LogP contribution in [0.2, 0.25) is 10.0 Å². The molecular formula is C33H32Cl2N4O4. The number of nitrogens with zero attached hydrogens (tertiary/aromatic N) is 2. The Kier molecular flexibility index (Phi) is 9.79. The van der Waals surface area contributed by atoms with Crippen LogP contribution in [0, 0.1) is 0 Å². The fourth-order valence-electron chi connectivity index (χ4n) is 5.31. The number of carboxylic acid groups (broad SMARTS) is 1. The van der Waals surface area contributed by atoms with Gasteiger partial charge in [-0.15, -0.1) is 0 Å². The summed E-state index contributed by atoms with van der Waals surface area (Å²) in [5.41, 5.74) is 4.86. The quantitative estimate of drug-likeness (QED) is 0.171. The van der Waals surface area contributed by atoms with E-state index in [4.69, 9.17) is 33.4 Å². The van der Waals surface area contributed by atoms with E-state index in [0.29, 0.717) is 44.2 Å². The molecule has 0 bridgehead atoms. The molecule has 222 valence electrons. The summed E-state index contributed by atoms with van der Waals surface area (Å²) in [6.07, 6.45) is 6.09. The predicted octanol–water partition coefficient (Wildman–Crippen LogP) is 7.41. The Labute approximate surface area is 260 Å². The molecule has 1 aliphatic carbocycles. The highest BCUT2D eigenvalue weighted by atomic mass is 35.5. The third-order valence-electron chi connectivity index (χ3n) is 7.65. The second-order valence-electron chi connectivity index (χ2n) is 10.7. The average Bonchev–Trinajstić information content (AvgIpc) is 3.43. The molecule has 8 nitrogen and oxygen atoms in total. The molecular weight excluding hydrogens is 587 g/mol. The van der Waals surface area contributed by atoms with E-state index < -0.39 is 5.97 Å². The Morgan fingerprint density at radius 2 is 1.58 bits per heavy atom. The van der Waals surface area contributed by atoms with E-state index in [0.717, 1.165) is 5.56 Å². The van der Waals surface area contributed by atoms with Crippen molar-refractivity contribution in [2.24, 2.45) is 0 Å². The third kappa shape index (κ3) is 7.83. The highest BCUT2D eigenvalue weighted by Gasteiger charge is 2.19. The number of aliphatic carboxylic acids is 1. The Morgan fingerprint density at radius 1 is 0.860 bits per heavy atom. The SMILES string of the molecule is O=C(O)CCNC(=O)c1ccc(Cn2nc(-c3ccc(Cl)c(Cl)c3)cc2C(=O)Nc2ccc(C3CCCCC3)cc2)cc1. The van der Waals surface area contributed by atoms with Gasteiger partial charge < -0.3 is 15.7 Å². The topological polar surface area (TPSA) is 113 Å². The molecule has 1 aliphatic rings. The fraction of sp³-hybridized carbons (Fsp3) is 0.273. The van der Waals surface area contributed by atoms with Crippen LogP contribution in [0.15, 0.2) is 72.8 Å². The molecule has 0 radical (unpaired) electrons. The number of carbonyl (C=O) groups is 3. The summed E-state index contributed by atoms with van der Waals surface area (Å²) in [6.45, 7) is 0.314. The van der Waals surface area contributed by atoms with Crippen LogP contribution in [0.25, 0.3) is 11.3 Å². The van der Waals surface area contributed by atoms with Crippen molar-refractivity contribution >= 4 is 46.7 Å². The van der Waals surface area contributed by atoms with Crippen molar-refractivity contribution in [1.82, 2.24) is 15.1 Å². The minimum absolute atomic E-state index is 0.0441. The molecule has 10 heteroatoms. The van der Waals surface area contributed by atoms with E-state index >= 15 is 0 Å². The first-order chi connectivity index (χ1) is 20.8. The molecule has 0 unspecified atom stereocenters. The second-order valence-corrected chi connectivity index (χ2v) is 11.5. The standard InChI is InChI=1S/C33H32Cl2N4O4/c34-27-15-12-25(18-28(27)35)29-19-30(33(43)37-26-13-10-23(11-14-26)22-4-2-1-3-5-22)39(38-29)20-21-6-8-24(9-7-21)32(42)36-17-16-31(40)41/h6-15,18-19,22H,1-5,16-17,20H2,(H,36,42)(H,37,43)(H,40,41). The smallest absolute Gasteiger partial charge is 0.305 e. The summed E-state index contributed by atoms with van der Waals surface area (Å²) < 4.78 is 1.62. The Balaban J connectivity index is 1.36. The number of rotatable bonds is 10. The average molecular weight is 620 g/mol. The predicted molar refractivity (Wildman–Crippen MR) is 168 cm³/mol. The van der Waals surface area contributed by atoms with E-state index in [1.165, 1.54) is 37.7 Å². The van der Waals surface area contributed by atoms with Gasteiger partial charge in [-0.05, 0) is 72.4 Å². The zero-order chi connectivity index (χ0) is 30.3. The molecule has 1 saturated carbocycles. The molecule has 1 heterocycles. The number of amides is 2. The Hall–Kier alpha value is -4.14. The number of nitrogens with one attached hydrogen (secondary N) is 2. The van der Waals surface area contributed by atoms with Gasteiger partial charge in [-0.25, -0.2) is 0 Å². The van der Waals surface area contributed by atoms with Gasteiger partial charge in [-0.1, -0.05) is 72.8 Å². The molecule has 4 aromatic rings. The molecule has 1 fully saturated rings. The van der Waals surface area contributed by atoms with Crippen molar-refractivity contribution in [2.75, 3.05) is 11.9 Å². The van der Waals surface area contributed by atoms with Crippen molar-refractivity contribution in [3.8, 4) is 11.3 Å². The van der Waals surface area contributed by atoms with Crippen molar-refractivity contribution in [3.63, 3.8) is 0 Å². The number of benzene rings is 3. The van der Waals surface area contributed by atoms with Crippen LogP contribution in [0.1, 0.15) is 76.4 Å². The first-order valence-corrected chi connectivity index (χ1v) is 15.1. The molecule has 1 aromatic heterocycles. The number of anilines is 1. The highest BCUT2D eigenvalue weighted by molar-refractivity contribution is 6.42. The molecule has 0 aliphatic heterocycles. The fourth-order valence-corrected chi connectivity index (χ4v) is 5.60. The molecule has 0 saturated heterocycles. The maximum Gasteiger partial charge on any atom is 0.305 e. The molecule has 3 N–H and O–H groups in total. The van der Waals surface area contributed by atoms with Crippen LogP contribution < -0.4 is 10.6 Å². The molecule has 2 amide bonds. The summed E-state index contributed by atoms with van der Waals surface area (Å²) in [6, 6.07) is 21.9. The van der Waals surface area contributed by atoms with Crippen molar-refractivity contribution in [1.29, 1.82) is 0 Å². The van der Waals surface area contributed by atoms with E-state index in [1.807, 2.05) is 12.1 Å². The van der Waals surface area contributed by atoms with Gasteiger partial charge in [0.15, 0.2) is 0 Å². The number of carbonyl (C=O) groups excluding carboxylic acids is 2. The first-order valence-electron chi connectivity index (χ1n) is 14.3. The van der Waals surface area contributed by atoms with Crippen LogP contribution in [-0.2, 0) is 11.3 Å². The number of halogens is 2. The lowest BCUT2D eigenvalue weighted by Crippen LogP contribution is -2.26. The van der Waals surface area contributed by atoms with E-state index in [1.54, 1.807) is 53.2 Å². The summed E-state index contributed by atoms with van der Waals surface area (Å²) in [4.78, 5) is 36.6. The Morgan fingerprint density at radius 3 is 2.26 bits per heavy atom. The van der Waals surface area contributed by atoms with Gasteiger partial charge in [0.1, 0.15) is 5.69 Å². The minimum Gasteiger partial charge on any atom is -0.481 e. The molecule has 0 spiro atoms. The molecule has 3 aromatic carbocycles. The Bertz CT molecular complexity index is 1610. The number of hydrogen-bond donors (Lipinski definition) is 3. The van der Waals surface area contributed by atoms with Gasteiger partial charge in [-0.3, -0.25) is 19.1 Å². The summed E-state index contributed by atoms with van der Waals surface area (Å²) in [5.74, 6) is -1.07. The maximum absolute atomic E-state index is 13.6. The molecule has 5 rings (SSSR count). The second kappa shape index (κ2) is 13.9. The van der Waals surface area contributed by atoms with Crippen molar-refractivity contribution in [3.05, 3.63) is 105 Å². The summed E-state index contributed by atoms with van der Waals surface area (Å²) in [7, 11) is 0. The number of carboxylic acids is 1. The lowest BCUT2D eigenvalue weighted by molar-refractivity contribution is -0.136. The lowest BCUT2D eigenvalue weighted by atomic mass is 9.84. The van der Waals surface area contributed by atoms with Gasteiger partial charge in [-0.2, -0.15) is 5.10 Å². The van der Waals surface area contributed by atoms with Crippen LogP contribution >= 0.6 is 23.2 Å². The van der Waals surface area contributed by atoms with E-state index in [9.17, 15) is 14.4 Å². The van der Waals surface area contributed by atoms with Crippen LogP contribution in [0.5, 0.6) is 0 Å². The van der Waals surface area contributed by atoms with E-state index in [2.05, 4.69) is 22.8 Å². The number of hydrogen-bond acceptors (Lipinski definition) is 4. The zero-order valence-electron chi connectivity index (χ0n) is 23.5. The monoisotopic (exact) mass is 618 g/mol. The molecule has 43 heavy (non-hydrogen) atoms. The normalized spacial score (nSPS) is 13.4. The van der Waals surface area contributed by atoms with Crippen LogP contribution in [-0.4, -0.2) is 39.2 Å². The maximum atomic E-state index is 13.6. The lowest BCUT2D eigenvalue weighted by Gasteiger charge is -2.22. The van der Waals surface area contributed by atoms with Crippen LogP contribution in [0.4, 0.5) is 5.69 Å². The largest absolute Gasteiger partial charge is 0.481 e. The highest BCUT2D eigenvalue weighted by Crippen LogP contribution is 2.33. The number of aromatic nitrogens is 2. The van der Waals surface area contributed by atoms with Gasteiger partial charge in [0, 0.05) is 23.4 Å². The van der Waals surface area contributed by atoms with Crippen molar-refractivity contribution < 1.29 is 19.5 Å². The minimum atomic E-state index is -0.980. The summed E-state index contributed by atoms with van der Waals surface area (Å²) >= 11 is 12.4. The van der Waals surface area contributed by atoms with Gasteiger partial charge >= 0.3 is 5.97 Å². The third-order valence-corrected chi connectivity index (χ3v) is 8.39. The van der Waals surface area contributed by atoms with Crippen LogP contribution in [0.3, 0.4) is 0 Å². The van der Waals surface area contributed by atoms with Gasteiger partial charge in [0.2, 0.25) is 0 Å². The van der Waals surface area contributed by atoms with Gasteiger partial charge in [0.25, 0.3) is 11.8 Å². The summed E-state index contributed by atoms with van der Waals surface area (Å²) in [5, 5.41) is 19.9. The zero-order valence-corrected chi connectivity index (χ0v) is 25.0.